The molecule has 2 aromatic heterocycles. The number of nitrogens with one attached hydrogen (secondary N) is 2. The molecule has 31 heavy (non-hydrogen) atoms. The second-order valence-electron chi connectivity index (χ2n) is 8.25. The van der Waals surface area contributed by atoms with Gasteiger partial charge in [-0.2, -0.15) is 4.98 Å². The largest absolute Gasteiger partial charge is 0.362 e. The number of aromatic nitrogens is 3. The summed E-state index contributed by atoms with van der Waals surface area (Å²) in [5, 5.41) is 7.64. The van der Waals surface area contributed by atoms with E-state index in [9.17, 15) is 4.79 Å². The van der Waals surface area contributed by atoms with Gasteiger partial charge in [-0.1, -0.05) is 12.1 Å². The van der Waals surface area contributed by atoms with Crippen molar-refractivity contribution in [2.75, 3.05) is 30.9 Å². The zero-order valence-corrected chi connectivity index (χ0v) is 19.4. The first kappa shape index (κ1) is 21.5. The summed E-state index contributed by atoms with van der Waals surface area (Å²) in [6.07, 6.45) is 7.45. The molecule has 1 aliphatic rings. The maximum Gasteiger partial charge on any atom is 0.252 e. The van der Waals surface area contributed by atoms with Gasteiger partial charge in [-0.25, -0.2) is 4.98 Å². The number of nitrogens with zero attached hydrogens (tertiary/aromatic N) is 4. The molecule has 0 bridgehead atoms. The van der Waals surface area contributed by atoms with Gasteiger partial charge in [-0.3, -0.25) is 9.78 Å². The first-order chi connectivity index (χ1) is 15.0. The van der Waals surface area contributed by atoms with Gasteiger partial charge in [0, 0.05) is 48.9 Å². The molecule has 4 rings (SSSR count). The minimum Gasteiger partial charge on any atom is -0.362 e. The Bertz CT molecular complexity index is 1060. The summed E-state index contributed by atoms with van der Waals surface area (Å²) in [7, 11) is 4.00. The van der Waals surface area contributed by atoms with Gasteiger partial charge >= 0.3 is 0 Å². The van der Waals surface area contributed by atoms with Crippen LogP contribution in [-0.4, -0.2) is 47.5 Å². The van der Waals surface area contributed by atoms with E-state index in [2.05, 4.69) is 37.6 Å². The molecule has 0 unspecified atom stereocenters. The van der Waals surface area contributed by atoms with E-state index in [0.717, 1.165) is 46.9 Å². The Balaban J connectivity index is 1.32. The number of hydrogen-bond acceptors (Lipinski definition) is 6. The predicted octanol–water partition coefficient (Wildman–Crippen LogP) is 4.25. The van der Waals surface area contributed by atoms with Crippen LogP contribution in [0.3, 0.4) is 0 Å². The maximum absolute atomic E-state index is 12.3. The second kappa shape index (κ2) is 9.60. The lowest BCUT2D eigenvalue weighted by Crippen LogP contribution is -2.34. The van der Waals surface area contributed by atoms with Crippen molar-refractivity contribution in [3.63, 3.8) is 0 Å². The Morgan fingerprint density at radius 1 is 1.13 bits per heavy atom. The summed E-state index contributed by atoms with van der Waals surface area (Å²) < 4.78 is 0.806. The van der Waals surface area contributed by atoms with E-state index in [1.165, 1.54) is 0 Å². The Morgan fingerprint density at radius 2 is 1.90 bits per heavy atom. The van der Waals surface area contributed by atoms with Crippen LogP contribution in [0.25, 0.3) is 10.9 Å². The van der Waals surface area contributed by atoms with Gasteiger partial charge < -0.3 is 15.5 Å². The monoisotopic (exact) mass is 482 g/mol. The first-order valence-electron chi connectivity index (χ1n) is 10.6. The first-order valence-corrected chi connectivity index (χ1v) is 11.4. The highest BCUT2D eigenvalue weighted by Crippen LogP contribution is 2.28. The Morgan fingerprint density at radius 3 is 2.65 bits per heavy atom. The number of rotatable bonds is 6. The van der Waals surface area contributed by atoms with Crippen LogP contribution in [0.5, 0.6) is 0 Å². The van der Waals surface area contributed by atoms with Crippen LogP contribution >= 0.6 is 15.9 Å². The number of carbonyl (C=O) groups excluding carboxylic acids is 1. The number of benzene rings is 1. The topological polar surface area (TPSA) is 83.0 Å². The van der Waals surface area contributed by atoms with Gasteiger partial charge in [0.1, 0.15) is 5.82 Å². The highest BCUT2D eigenvalue weighted by Gasteiger charge is 2.23. The molecule has 8 heteroatoms. The zero-order chi connectivity index (χ0) is 21.8. The van der Waals surface area contributed by atoms with E-state index in [0.29, 0.717) is 30.0 Å². The van der Waals surface area contributed by atoms with Crippen LogP contribution < -0.4 is 15.5 Å². The van der Waals surface area contributed by atoms with E-state index < -0.39 is 0 Å². The molecule has 2 N–H and O–H groups in total. The van der Waals surface area contributed by atoms with Crippen molar-refractivity contribution in [3.8, 4) is 0 Å². The van der Waals surface area contributed by atoms with Crippen molar-refractivity contribution in [3.05, 3.63) is 52.8 Å². The molecule has 0 atom stereocenters. The number of para-hydroxylation sites is 1. The number of hydrogen-bond donors (Lipinski definition) is 2. The summed E-state index contributed by atoms with van der Waals surface area (Å²) in [5.74, 6) is 2.01. The van der Waals surface area contributed by atoms with Crippen molar-refractivity contribution in [2.45, 2.75) is 31.7 Å². The molecule has 1 amide bonds. The molecule has 0 saturated heterocycles. The van der Waals surface area contributed by atoms with Gasteiger partial charge in [-0.15, -0.1) is 0 Å². The fourth-order valence-corrected chi connectivity index (χ4v) is 4.40. The third-order valence-corrected chi connectivity index (χ3v) is 6.14. The SMILES string of the molecule is CN(C)c1nc(N[C@H]2CC[C@@H](CNC(=O)c3cncc(Br)c3)CC2)nc2ccccc12. The van der Waals surface area contributed by atoms with E-state index in [-0.39, 0.29) is 5.91 Å². The van der Waals surface area contributed by atoms with Gasteiger partial charge in [0.2, 0.25) is 5.95 Å². The third-order valence-electron chi connectivity index (χ3n) is 5.71. The third kappa shape index (κ3) is 5.31. The normalized spacial score (nSPS) is 18.5. The maximum atomic E-state index is 12.3. The number of fused-ring (bicyclic) bond motifs is 1. The molecule has 162 valence electrons. The number of anilines is 2. The molecule has 1 saturated carbocycles. The van der Waals surface area contributed by atoms with E-state index in [4.69, 9.17) is 9.97 Å². The summed E-state index contributed by atoms with van der Waals surface area (Å²) in [6, 6.07) is 10.2. The molecule has 1 fully saturated rings. The second-order valence-corrected chi connectivity index (χ2v) is 9.16. The summed E-state index contributed by atoms with van der Waals surface area (Å²) in [6.45, 7) is 0.690. The lowest BCUT2D eigenvalue weighted by Gasteiger charge is -2.29. The van der Waals surface area contributed by atoms with Crippen LogP contribution in [0, 0.1) is 5.92 Å². The standard InChI is InChI=1S/C23H27BrN6O/c1-30(2)21-19-5-3-4-6-20(19)28-23(29-21)27-18-9-7-15(8-10-18)12-26-22(31)16-11-17(24)14-25-13-16/h3-6,11,13-15,18H,7-10,12H2,1-2H3,(H,26,31)(H,27,28,29)/t15-,18+. The van der Waals surface area contributed by atoms with E-state index >= 15 is 0 Å². The van der Waals surface area contributed by atoms with Crippen molar-refractivity contribution < 1.29 is 4.79 Å². The van der Waals surface area contributed by atoms with Crippen molar-refractivity contribution in [1.29, 1.82) is 0 Å². The summed E-state index contributed by atoms with van der Waals surface area (Å²) in [4.78, 5) is 27.9. The lowest BCUT2D eigenvalue weighted by molar-refractivity contribution is 0.0943. The average molecular weight is 483 g/mol. The zero-order valence-electron chi connectivity index (χ0n) is 17.8. The highest BCUT2D eigenvalue weighted by molar-refractivity contribution is 9.10. The molecule has 1 aliphatic carbocycles. The number of pyridine rings is 1. The van der Waals surface area contributed by atoms with Crippen LogP contribution in [0.15, 0.2) is 47.2 Å². The van der Waals surface area contributed by atoms with Crippen molar-refractivity contribution in [1.82, 2.24) is 20.3 Å². The lowest BCUT2D eigenvalue weighted by atomic mass is 9.86. The Hall–Kier alpha value is -2.74. The molecule has 2 heterocycles. The highest BCUT2D eigenvalue weighted by atomic mass is 79.9. The van der Waals surface area contributed by atoms with Crippen molar-refractivity contribution >= 4 is 44.5 Å². The van der Waals surface area contributed by atoms with Crippen molar-refractivity contribution in [2.24, 2.45) is 5.92 Å². The molecule has 3 aromatic rings. The number of carbonyl (C=O) groups is 1. The molecule has 0 aliphatic heterocycles. The van der Waals surface area contributed by atoms with Crippen LogP contribution in [0.1, 0.15) is 36.0 Å². The van der Waals surface area contributed by atoms with Gasteiger partial charge in [0.05, 0.1) is 11.1 Å². The minimum atomic E-state index is -0.0742. The number of halogens is 1. The Labute approximate surface area is 190 Å². The van der Waals surface area contributed by atoms with Crippen LogP contribution in [-0.2, 0) is 0 Å². The summed E-state index contributed by atoms with van der Waals surface area (Å²) >= 11 is 3.36. The van der Waals surface area contributed by atoms with Crippen LogP contribution in [0.4, 0.5) is 11.8 Å². The van der Waals surface area contributed by atoms with E-state index in [1.54, 1.807) is 18.5 Å². The van der Waals surface area contributed by atoms with Gasteiger partial charge in [0.15, 0.2) is 0 Å². The summed E-state index contributed by atoms with van der Waals surface area (Å²) in [5.41, 5.74) is 1.53. The fraction of sp³-hybridized carbons (Fsp3) is 0.391. The molecule has 0 spiro atoms. The smallest absolute Gasteiger partial charge is 0.252 e. The van der Waals surface area contributed by atoms with Gasteiger partial charge in [-0.05, 0) is 65.7 Å². The van der Waals surface area contributed by atoms with Crippen LogP contribution in [0.2, 0.25) is 0 Å². The fourth-order valence-electron chi connectivity index (χ4n) is 4.03. The molecular weight excluding hydrogens is 456 g/mol. The predicted molar refractivity (Wildman–Crippen MR) is 128 cm³/mol. The molecular formula is C23H27BrN6O. The molecule has 1 aromatic carbocycles. The van der Waals surface area contributed by atoms with Gasteiger partial charge in [0.25, 0.3) is 5.91 Å². The molecule has 0 radical (unpaired) electrons. The Kier molecular flexibility index (Phi) is 6.65. The molecule has 7 nitrogen and oxygen atoms in total. The number of amides is 1. The minimum absolute atomic E-state index is 0.0742. The van der Waals surface area contributed by atoms with E-state index in [1.807, 2.05) is 37.2 Å². The quantitative estimate of drug-likeness (QED) is 0.546. The average Bonchev–Trinajstić information content (AvgIpc) is 2.77.